The Balaban J connectivity index is 1.84. The zero-order valence-electron chi connectivity index (χ0n) is 13.1. The molecule has 2 aromatic rings. The van der Waals surface area contributed by atoms with Crippen molar-refractivity contribution in [3.8, 4) is 0 Å². The summed E-state index contributed by atoms with van der Waals surface area (Å²) < 4.78 is 5.09. The highest BCUT2D eigenvalue weighted by Crippen LogP contribution is 2.10. The van der Waals surface area contributed by atoms with Gasteiger partial charge < -0.3 is 15.0 Å². The molecule has 0 atom stereocenters. The number of para-hydroxylation sites is 1. The number of hydrogen-bond acceptors (Lipinski definition) is 3. The second kappa shape index (κ2) is 8.20. The van der Waals surface area contributed by atoms with E-state index in [4.69, 9.17) is 4.74 Å². The van der Waals surface area contributed by atoms with Crippen LogP contribution in [0.5, 0.6) is 0 Å². The monoisotopic (exact) mass is 298 g/mol. The quantitative estimate of drug-likeness (QED) is 0.854. The second-order valence-electron chi connectivity index (χ2n) is 5.15. The highest BCUT2D eigenvalue weighted by atomic mass is 16.5. The van der Waals surface area contributed by atoms with Gasteiger partial charge >= 0.3 is 0 Å². The third-order valence-corrected chi connectivity index (χ3v) is 3.43. The summed E-state index contributed by atoms with van der Waals surface area (Å²) in [5, 5.41) is 2.95. The minimum absolute atomic E-state index is 0.0561. The summed E-state index contributed by atoms with van der Waals surface area (Å²) in [6.07, 6.45) is 0. The van der Waals surface area contributed by atoms with Gasteiger partial charge in [0.15, 0.2) is 0 Å². The van der Waals surface area contributed by atoms with Gasteiger partial charge in [-0.15, -0.1) is 0 Å². The van der Waals surface area contributed by atoms with Crippen molar-refractivity contribution < 1.29 is 9.53 Å². The minimum atomic E-state index is -0.0561. The Morgan fingerprint density at radius 3 is 2.64 bits per heavy atom. The number of benzene rings is 2. The van der Waals surface area contributed by atoms with Crippen LogP contribution >= 0.6 is 0 Å². The number of carbonyl (C=O) groups is 1. The van der Waals surface area contributed by atoms with Crippen LogP contribution in [0.25, 0.3) is 0 Å². The summed E-state index contributed by atoms with van der Waals surface area (Å²) in [5.74, 6) is -0.0561. The van der Waals surface area contributed by atoms with Crippen LogP contribution in [0.3, 0.4) is 0 Å². The van der Waals surface area contributed by atoms with E-state index >= 15 is 0 Å². The Kier molecular flexibility index (Phi) is 5.98. The van der Waals surface area contributed by atoms with Gasteiger partial charge in [-0.05, 0) is 29.8 Å². The zero-order chi connectivity index (χ0) is 15.8. The molecule has 2 rings (SSSR count). The SMILES string of the molecule is COCc1cccc(C(=O)NCCN(C)c2ccccc2)c1. The topological polar surface area (TPSA) is 41.6 Å². The number of hydrogen-bond donors (Lipinski definition) is 1. The minimum Gasteiger partial charge on any atom is -0.380 e. The van der Waals surface area contributed by atoms with Crippen LogP contribution in [-0.2, 0) is 11.3 Å². The molecule has 4 nitrogen and oxygen atoms in total. The number of methoxy groups -OCH3 is 1. The molecule has 0 saturated heterocycles. The van der Waals surface area contributed by atoms with E-state index in [1.807, 2.05) is 49.5 Å². The lowest BCUT2D eigenvalue weighted by atomic mass is 10.1. The predicted molar refractivity (Wildman–Crippen MR) is 89.2 cm³/mol. The highest BCUT2D eigenvalue weighted by molar-refractivity contribution is 5.94. The fourth-order valence-corrected chi connectivity index (χ4v) is 2.22. The molecule has 1 N–H and O–H groups in total. The van der Waals surface area contributed by atoms with Crippen LogP contribution < -0.4 is 10.2 Å². The van der Waals surface area contributed by atoms with Crippen molar-refractivity contribution >= 4 is 11.6 Å². The number of anilines is 1. The van der Waals surface area contributed by atoms with Crippen molar-refractivity contribution in [1.29, 1.82) is 0 Å². The summed E-state index contributed by atoms with van der Waals surface area (Å²) in [6.45, 7) is 1.87. The van der Waals surface area contributed by atoms with E-state index in [0.29, 0.717) is 18.7 Å². The van der Waals surface area contributed by atoms with Gasteiger partial charge in [0.05, 0.1) is 6.61 Å². The number of amides is 1. The van der Waals surface area contributed by atoms with Crippen molar-refractivity contribution in [3.63, 3.8) is 0 Å². The first-order valence-corrected chi connectivity index (χ1v) is 7.33. The van der Waals surface area contributed by atoms with Gasteiger partial charge in [0.1, 0.15) is 0 Å². The third-order valence-electron chi connectivity index (χ3n) is 3.43. The predicted octanol–water partition coefficient (Wildman–Crippen LogP) is 2.70. The molecule has 0 aliphatic heterocycles. The first kappa shape index (κ1) is 16.0. The molecule has 0 aliphatic carbocycles. The van der Waals surface area contributed by atoms with E-state index in [0.717, 1.165) is 17.8 Å². The van der Waals surface area contributed by atoms with Crippen molar-refractivity contribution in [2.24, 2.45) is 0 Å². The first-order valence-electron chi connectivity index (χ1n) is 7.33. The Hall–Kier alpha value is -2.33. The lowest BCUT2D eigenvalue weighted by Crippen LogP contribution is -2.33. The standard InChI is InChI=1S/C18H22N2O2/c1-20(17-9-4-3-5-10-17)12-11-19-18(21)16-8-6-7-15(13-16)14-22-2/h3-10,13H,11-12,14H2,1-2H3,(H,19,21). The molecule has 22 heavy (non-hydrogen) atoms. The summed E-state index contributed by atoms with van der Waals surface area (Å²) in [5.41, 5.74) is 2.80. The van der Waals surface area contributed by atoms with Crippen LogP contribution in [0, 0.1) is 0 Å². The fraction of sp³-hybridized carbons (Fsp3) is 0.278. The molecule has 0 bridgehead atoms. The van der Waals surface area contributed by atoms with Crippen molar-refractivity contribution in [2.45, 2.75) is 6.61 Å². The molecule has 0 radical (unpaired) electrons. The van der Waals surface area contributed by atoms with Crippen LogP contribution in [-0.4, -0.2) is 33.2 Å². The van der Waals surface area contributed by atoms with E-state index in [9.17, 15) is 4.79 Å². The Morgan fingerprint density at radius 1 is 1.14 bits per heavy atom. The van der Waals surface area contributed by atoms with E-state index in [-0.39, 0.29) is 5.91 Å². The molecule has 2 aromatic carbocycles. The maximum Gasteiger partial charge on any atom is 0.251 e. The Morgan fingerprint density at radius 2 is 1.91 bits per heavy atom. The van der Waals surface area contributed by atoms with Gasteiger partial charge in [0.25, 0.3) is 5.91 Å². The fourth-order valence-electron chi connectivity index (χ4n) is 2.22. The molecule has 0 saturated carbocycles. The third kappa shape index (κ3) is 4.60. The molecule has 0 unspecified atom stereocenters. The van der Waals surface area contributed by atoms with Crippen LogP contribution in [0.1, 0.15) is 15.9 Å². The van der Waals surface area contributed by atoms with Crippen LogP contribution in [0.2, 0.25) is 0 Å². The molecule has 1 amide bonds. The lowest BCUT2D eigenvalue weighted by molar-refractivity contribution is 0.0954. The van der Waals surface area contributed by atoms with E-state index < -0.39 is 0 Å². The Labute approximate surface area is 131 Å². The molecule has 0 fully saturated rings. The zero-order valence-corrected chi connectivity index (χ0v) is 13.1. The maximum absolute atomic E-state index is 12.1. The first-order chi connectivity index (χ1) is 10.7. The lowest BCUT2D eigenvalue weighted by Gasteiger charge is -2.19. The van der Waals surface area contributed by atoms with Crippen LogP contribution in [0.15, 0.2) is 54.6 Å². The average molecular weight is 298 g/mol. The molecule has 0 spiro atoms. The number of ether oxygens (including phenoxy) is 1. The van der Waals surface area contributed by atoms with Crippen molar-refractivity contribution in [3.05, 3.63) is 65.7 Å². The summed E-state index contributed by atoms with van der Waals surface area (Å²) in [6, 6.07) is 17.6. The molecule has 0 aliphatic rings. The van der Waals surface area contributed by atoms with E-state index in [1.54, 1.807) is 7.11 Å². The molecule has 4 heteroatoms. The highest BCUT2D eigenvalue weighted by Gasteiger charge is 2.06. The number of carbonyl (C=O) groups excluding carboxylic acids is 1. The largest absolute Gasteiger partial charge is 0.380 e. The number of nitrogens with one attached hydrogen (secondary N) is 1. The van der Waals surface area contributed by atoms with Crippen molar-refractivity contribution in [1.82, 2.24) is 5.32 Å². The summed E-state index contributed by atoms with van der Waals surface area (Å²) >= 11 is 0. The molecule has 0 heterocycles. The Bertz CT molecular complexity index is 599. The van der Waals surface area contributed by atoms with E-state index in [1.165, 1.54) is 0 Å². The second-order valence-corrected chi connectivity index (χ2v) is 5.15. The van der Waals surface area contributed by atoms with E-state index in [2.05, 4.69) is 22.3 Å². The normalized spacial score (nSPS) is 10.3. The summed E-state index contributed by atoms with van der Waals surface area (Å²) in [7, 11) is 3.66. The summed E-state index contributed by atoms with van der Waals surface area (Å²) in [4.78, 5) is 14.3. The molecular formula is C18H22N2O2. The van der Waals surface area contributed by atoms with Gasteiger partial charge in [0, 0.05) is 38.5 Å². The smallest absolute Gasteiger partial charge is 0.251 e. The van der Waals surface area contributed by atoms with Gasteiger partial charge in [0.2, 0.25) is 0 Å². The maximum atomic E-state index is 12.1. The average Bonchev–Trinajstić information content (AvgIpc) is 2.56. The van der Waals surface area contributed by atoms with Gasteiger partial charge in [-0.2, -0.15) is 0 Å². The van der Waals surface area contributed by atoms with Gasteiger partial charge in [-0.25, -0.2) is 0 Å². The van der Waals surface area contributed by atoms with Gasteiger partial charge in [-0.1, -0.05) is 30.3 Å². The number of nitrogens with zero attached hydrogens (tertiary/aromatic N) is 1. The van der Waals surface area contributed by atoms with Crippen molar-refractivity contribution in [2.75, 3.05) is 32.1 Å². The number of likely N-dealkylation sites (N-methyl/N-ethyl adjacent to an activating group) is 1. The number of rotatable bonds is 7. The van der Waals surface area contributed by atoms with Gasteiger partial charge in [-0.3, -0.25) is 4.79 Å². The molecular weight excluding hydrogens is 276 g/mol. The van der Waals surface area contributed by atoms with Crippen LogP contribution in [0.4, 0.5) is 5.69 Å². The molecule has 116 valence electrons. The molecule has 0 aromatic heterocycles.